The van der Waals surface area contributed by atoms with Gasteiger partial charge in [-0.15, -0.1) is 0 Å². The van der Waals surface area contributed by atoms with Crippen LogP contribution in [0.3, 0.4) is 0 Å². The van der Waals surface area contributed by atoms with Crippen molar-refractivity contribution in [2.75, 3.05) is 0 Å². The first-order valence-electron chi connectivity index (χ1n) is 10.0. The highest BCUT2D eigenvalue weighted by molar-refractivity contribution is 5.87. The summed E-state index contributed by atoms with van der Waals surface area (Å²) in [5.41, 5.74) is 1.70. The Balaban J connectivity index is 2.43. The number of nitrogens with one attached hydrogen (secondary N) is 1. The van der Waals surface area contributed by atoms with Gasteiger partial charge in [0.25, 0.3) is 0 Å². The van der Waals surface area contributed by atoms with Crippen LogP contribution in [0.4, 0.5) is 0 Å². The van der Waals surface area contributed by atoms with E-state index in [-0.39, 0.29) is 36.5 Å². The molecule has 2 rings (SSSR count). The number of carbonyl (C=O) groups is 2. The molecule has 6 heteroatoms. The van der Waals surface area contributed by atoms with E-state index >= 15 is 0 Å². The normalized spacial score (nSPS) is 14.3. The van der Waals surface area contributed by atoms with Crippen molar-refractivity contribution in [2.24, 2.45) is 0 Å². The standard InChI is InChI=1S/C22H32N4O2/c1-7-15(4)26(16(5)8-2)21(28)14-25-19-13-11-10-12-18(19)24-22(25)17(6)23-20(27)9-3/h9-13,15-17H,3,7-8,14H2,1-2,4-6H3,(H,23,27). The summed E-state index contributed by atoms with van der Waals surface area (Å²) < 4.78 is 1.92. The van der Waals surface area contributed by atoms with Crippen molar-refractivity contribution < 1.29 is 9.59 Å². The van der Waals surface area contributed by atoms with Crippen LogP contribution < -0.4 is 5.32 Å². The van der Waals surface area contributed by atoms with Crippen LogP contribution >= 0.6 is 0 Å². The van der Waals surface area contributed by atoms with Gasteiger partial charge in [0.05, 0.1) is 17.1 Å². The van der Waals surface area contributed by atoms with E-state index in [9.17, 15) is 9.59 Å². The molecule has 6 nitrogen and oxygen atoms in total. The Kier molecular flexibility index (Phi) is 7.38. The molecule has 1 aromatic heterocycles. The Hall–Kier alpha value is -2.63. The number of hydrogen-bond donors (Lipinski definition) is 1. The Morgan fingerprint density at radius 1 is 1.18 bits per heavy atom. The molecule has 1 aromatic carbocycles. The predicted octanol–water partition coefficient (Wildman–Crippen LogP) is 3.83. The lowest BCUT2D eigenvalue weighted by atomic mass is 10.1. The molecule has 0 saturated carbocycles. The Morgan fingerprint density at radius 3 is 2.36 bits per heavy atom. The van der Waals surface area contributed by atoms with Gasteiger partial charge in [-0.25, -0.2) is 4.98 Å². The molecule has 0 bridgehead atoms. The van der Waals surface area contributed by atoms with Gasteiger partial charge in [0.15, 0.2) is 0 Å². The highest BCUT2D eigenvalue weighted by Crippen LogP contribution is 2.22. The predicted molar refractivity (Wildman–Crippen MR) is 113 cm³/mol. The van der Waals surface area contributed by atoms with Crippen molar-refractivity contribution in [2.45, 2.75) is 72.1 Å². The summed E-state index contributed by atoms with van der Waals surface area (Å²) in [5, 5.41) is 2.85. The van der Waals surface area contributed by atoms with Crippen molar-refractivity contribution in [3.05, 3.63) is 42.7 Å². The quantitative estimate of drug-likeness (QED) is 0.668. The highest BCUT2D eigenvalue weighted by Gasteiger charge is 2.26. The second-order valence-electron chi connectivity index (χ2n) is 7.29. The molecule has 2 amide bonds. The van der Waals surface area contributed by atoms with E-state index in [1.165, 1.54) is 6.08 Å². The van der Waals surface area contributed by atoms with E-state index in [0.717, 1.165) is 23.9 Å². The monoisotopic (exact) mass is 384 g/mol. The lowest BCUT2D eigenvalue weighted by molar-refractivity contribution is -0.136. The third-order valence-corrected chi connectivity index (χ3v) is 5.33. The molecule has 28 heavy (non-hydrogen) atoms. The number of fused-ring (bicyclic) bond motifs is 1. The summed E-state index contributed by atoms with van der Waals surface area (Å²) in [6, 6.07) is 7.72. The first-order valence-corrected chi connectivity index (χ1v) is 10.0. The molecule has 0 saturated heterocycles. The average Bonchev–Trinajstić information content (AvgIpc) is 3.06. The molecule has 0 aliphatic heterocycles. The molecule has 3 unspecified atom stereocenters. The Morgan fingerprint density at radius 2 is 1.79 bits per heavy atom. The maximum atomic E-state index is 13.3. The van der Waals surface area contributed by atoms with Gasteiger partial charge in [-0.05, 0) is 51.8 Å². The van der Waals surface area contributed by atoms with Gasteiger partial charge in [-0.1, -0.05) is 32.6 Å². The van der Waals surface area contributed by atoms with E-state index in [4.69, 9.17) is 0 Å². The number of carbonyl (C=O) groups excluding carboxylic acids is 2. The van der Waals surface area contributed by atoms with Crippen LogP contribution in [0.2, 0.25) is 0 Å². The van der Waals surface area contributed by atoms with E-state index in [2.05, 4.69) is 44.6 Å². The van der Waals surface area contributed by atoms with Crippen LogP contribution in [0.25, 0.3) is 11.0 Å². The first kappa shape index (κ1) is 21.7. The Labute approximate surface area is 167 Å². The third kappa shape index (κ3) is 4.61. The first-order chi connectivity index (χ1) is 13.3. The van der Waals surface area contributed by atoms with Crippen LogP contribution in [-0.4, -0.2) is 38.3 Å². The highest BCUT2D eigenvalue weighted by atomic mass is 16.2. The summed E-state index contributed by atoms with van der Waals surface area (Å²) in [5.74, 6) is 0.464. The van der Waals surface area contributed by atoms with E-state index in [1.54, 1.807) is 0 Å². The number of benzene rings is 1. The van der Waals surface area contributed by atoms with Crippen molar-refractivity contribution in [3.8, 4) is 0 Å². The molecule has 0 spiro atoms. The zero-order valence-electron chi connectivity index (χ0n) is 17.6. The van der Waals surface area contributed by atoms with Crippen molar-refractivity contribution >= 4 is 22.8 Å². The maximum absolute atomic E-state index is 13.3. The van der Waals surface area contributed by atoms with Gasteiger partial charge >= 0.3 is 0 Å². The third-order valence-electron chi connectivity index (χ3n) is 5.33. The number of para-hydroxylation sites is 2. The SMILES string of the molecule is C=CC(=O)NC(C)c1nc2ccccc2n1CC(=O)N(C(C)CC)C(C)CC. The molecule has 2 aromatic rings. The second-order valence-corrected chi connectivity index (χ2v) is 7.29. The second kappa shape index (κ2) is 9.53. The van der Waals surface area contributed by atoms with Crippen molar-refractivity contribution in [1.82, 2.24) is 19.8 Å². The number of rotatable bonds is 9. The fourth-order valence-electron chi connectivity index (χ4n) is 3.46. The number of amides is 2. The van der Waals surface area contributed by atoms with E-state index < -0.39 is 0 Å². The fraction of sp³-hybridized carbons (Fsp3) is 0.500. The summed E-state index contributed by atoms with van der Waals surface area (Å²) in [7, 11) is 0. The molecule has 0 aliphatic rings. The summed E-state index contributed by atoms with van der Waals surface area (Å²) >= 11 is 0. The van der Waals surface area contributed by atoms with Gasteiger partial charge in [0.1, 0.15) is 12.4 Å². The maximum Gasteiger partial charge on any atom is 0.243 e. The minimum atomic E-state index is -0.341. The van der Waals surface area contributed by atoms with Crippen LogP contribution in [-0.2, 0) is 16.1 Å². The summed E-state index contributed by atoms with van der Waals surface area (Å²) in [4.78, 5) is 31.7. The smallest absolute Gasteiger partial charge is 0.243 e. The number of nitrogens with zero attached hydrogens (tertiary/aromatic N) is 3. The lowest BCUT2D eigenvalue weighted by Gasteiger charge is -2.34. The zero-order chi connectivity index (χ0) is 20.8. The van der Waals surface area contributed by atoms with Crippen molar-refractivity contribution in [3.63, 3.8) is 0 Å². The number of aromatic nitrogens is 2. The van der Waals surface area contributed by atoms with E-state index in [1.807, 2.05) is 40.7 Å². The zero-order valence-corrected chi connectivity index (χ0v) is 17.6. The van der Waals surface area contributed by atoms with Gasteiger partial charge < -0.3 is 14.8 Å². The fourth-order valence-corrected chi connectivity index (χ4v) is 3.46. The largest absolute Gasteiger partial charge is 0.343 e. The minimum absolute atomic E-state index is 0.0651. The summed E-state index contributed by atoms with van der Waals surface area (Å²) in [6.45, 7) is 13.9. The molecule has 3 atom stereocenters. The average molecular weight is 385 g/mol. The molecule has 152 valence electrons. The Bertz CT molecular complexity index is 832. The molecular formula is C22H32N4O2. The number of hydrogen-bond acceptors (Lipinski definition) is 3. The minimum Gasteiger partial charge on any atom is -0.343 e. The van der Waals surface area contributed by atoms with E-state index in [0.29, 0.717) is 5.82 Å². The molecule has 0 fully saturated rings. The van der Waals surface area contributed by atoms with Crippen LogP contribution in [0.1, 0.15) is 59.3 Å². The molecule has 0 radical (unpaired) electrons. The number of imidazole rings is 1. The topological polar surface area (TPSA) is 67.2 Å². The lowest BCUT2D eigenvalue weighted by Crippen LogP contribution is -2.46. The van der Waals surface area contributed by atoms with Crippen molar-refractivity contribution in [1.29, 1.82) is 0 Å². The summed E-state index contributed by atoms with van der Waals surface area (Å²) in [6.07, 6.45) is 3.04. The van der Waals surface area contributed by atoms with Crippen LogP contribution in [0.5, 0.6) is 0 Å². The molecule has 1 heterocycles. The van der Waals surface area contributed by atoms with Gasteiger partial charge in [-0.2, -0.15) is 0 Å². The molecule has 0 aliphatic carbocycles. The molecule has 1 N–H and O–H groups in total. The van der Waals surface area contributed by atoms with Crippen LogP contribution in [0.15, 0.2) is 36.9 Å². The van der Waals surface area contributed by atoms with Gasteiger partial charge in [0, 0.05) is 12.1 Å². The van der Waals surface area contributed by atoms with Crippen LogP contribution in [0, 0.1) is 0 Å². The van der Waals surface area contributed by atoms with Gasteiger partial charge in [0.2, 0.25) is 11.8 Å². The molecular weight excluding hydrogens is 352 g/mol. The van der Waals surface area contributed by atoms with Gasteiger partial charge in [-0.3, -0.25) is 9.59 Å².